The van der Waals surface area contributed by atoms with Gasteiger partial charge in [-0.15, -0.1) is 11.3 Å². The lowest BCUT2D eigenvalue weighted by Gasteiger charge is -2.40. The molecular formula is C16H18ClNOS. The lowest BCUT2D eigenvalue weighted by Crippen LogP contribution is -2.45. The van der Waals surface area contributed by atoms with E-state index in [1.807, 2.05) is 17.5 Å². The molecular weight excluding hydrogens is 290 g/mol. The van der Waals surface area contributed by atoms with Crippen molar-refractivity contribution in [2.75, 3.05) is 4.90 Å². The van der Waals surface area contributed by atoms with Crippen molar-refractivity contribution < 1.29 is 0 Å². The Bertz CT molecular complexity index is 686. The molecule has 1 saturated heterocycles. The zero-order chi connectivity index (χ0) is 14.3. The molecule has 1 aliphatic heterocycles. The van der Waals surface area contributed by atoms with Crippen molar-refractivity contribution in [2.45, 2.75) is 45.2 Å². The summed E-state index contributed by atoms with van der Waals surface area (Å²) in [6, 6.07) is 6.41. The van der Waals surface area contributed by atoms with Crippen LogP contribution in [0.15, 0.2) is 28.4 Å². The molecule has 3 rings (SSSR count). The van der Waals surface area contributed by atoms with E-state index in [-0.39, 0.29) is 5.43 Å². The molecule has 0 unspecified atom stereocenters. The van der Waals surface area contributed by atoms with Gasteiger partial charge in [-0.1, -0.05) is 11.6 Å². The molecule has 0 saturated carbocycles. The second-order valence-electron chi connectivity index (χ2n) is 5.63. The standard InChI is InChI=1S/C16H18ClNOS/c1-10-4-3-5-11(2)18(10)14-9-20-15-7-6-12(17)8-13(15)16(14)19/h6-11H,3-5H2,1-2H3/t10-,11-/m0/s1. The number of rotatable bonds is 1. The van der Waals surface area contributed by atoms with E-state index in [2.05, 4.69) is 18.7 Å². The topological polar surface area (TPSA) is 20.3 Å². The smallest absolute Gasteiger partial charge is 0.211 e. The summed E-state index contributed by atoms with van der Waals surface area (Å²) in [4.78, 5) is 15.1. The molecule has 0 amide bonds. The molecule has 20 heavy (non-hydrogen) atoms. The average molecular weight is 308 g/mol. The van der Waals surface area contributed by atoms with Crippen molar-refractivity contribution in [1.29, 1.82) is 0 Å². The molecule has 1 aromatic carbocycles. The summed E-state index contributed by atoms with van der Waals surface area (Å²) < 4.78 is 1.00. The SMILES string of the molecule is C[C@H]1CCC[C@H](C)N1c1csc2ccc(Cl)cc2c1=O. The van der Waals surface area contributed by atoms with Crippen molar-refractivity contribution in [1.82, 2.24) is 0 Å². The van der Waals surface area contributed by atoms with Gasteiger partial charge in [0.1, 0.15) is 0 Å². The number of anilines is 1. The molecule has 2 nitrogen and oxygen atoms in total. The molecule has 2 heterocycles. The second-order valence-corrected chi connectivity index (χ2v) is 6.97. The molecule has 2 aromatic rings. The highest BCUT2D eigenvalue weighted by Gasteiger charge is 2.27. The van der Waals surface area contributed by atoms with Crippen molar-refractivity contribution in [3.63, 3.8) is 0 Å². The number of hydrogen-bond acceptors (Lipinski definition) is 3. The van der Waals surface area contributed by atoms with Crippen LogP contribution in [0.2, 0.25) is 5.02 Å². The summed E-state index contributed by atoms with van der Waals surface area (Å²) in [5.74, 6) is 0. The lowest BCUT2D eigenvalue weighted by atomic mass is 9.97. The molecule has 0 N–H and O–H groups in total. The minimum Gasteiger partial charge on any atom is -0.362 e. The van der Waals surface area contributed by atoms with Gasteiger partial charge in [0.15, 0.2) is 0 Å². The minimum atomic E-state index is 0.113. The van der Waals surface area contributed by atoms with Crippen LogP contribution in [0.25, 0.3) is 10.1 Å². The summed E-state index contributed by atoms with van der Waals surface area (Å²) >= 11 is 7.66. The van der Waals surface area contributed by atoms with Crippen LogP contribution in [0.5, 0.6) is 0 Å². The summed E-state index contributed by atoms with van der Waals surface area (Å²) in [7, 11) is 0. The van der Waals surface area contributed by atoms with Gasteiger partial charge >= 0.3 is 0 Å². The molecule has 4 heteroatoms. The Morgan fingerprint density at radius 2 is 1.95 bits per heavy atom. The fourth-order valence-corrected chi connectivity index (χ4v) is 4.23. The van der Waals surface area contributed by atoms with E-state index in [0.717, 1.165) is 28.6 Å². The van der Waals surface area contributed by atoms with E-state index in [1.165, 1.54) is 6.42 Å². The Hall–Kier alpha value is -1.06. The van der Waals surface area contributed by atoms with E-state index in [0.29, 0.717) is 17.1 Å². The molecule has 1 fully saturated rings. The highest BCUT2D eigenvalue weighted by atomic mass is 35.5. The van der Waals surface area contributed by atoms with Crippen LogP contribution in [0.3, 0.4) is 0 Å². The van der Waals surface area contributed by atoms with Crippen molar-refractivity contribution >= 4 is 38.7 Å². The number of hydrogen-bond donors (Lipinski definition) is 0. The number of halogens is 1. The first-order chi connectivity index (χ1) is 9.58. The summed E-state index contributed by atoms with van der Waals surface area (Å²) in [6.07, 6.45) is 3.56. The number of piperidine rings is 1. The predicted octanol–water partition coefficient (Wildman–Crippen LogP) is 4.68. The minimum absolute atomic E-state index is 0.113. The van der Waals surface area contributed by atoms with E-state index < -0.39 is 0 Å². The first kappa shape index (κ1) is 13.9. The zero-order valence-corrected chi connectivity index (χ0v) is 13.3. The van der Waals surface area contributed by atoms with Gasteiger partial charge in [-0.3, -0.25) is 4.79 Å². The molecule has 0 radical (unpaired) electrons. The van der Waals surface area contributed by atoms with Crippen LogP contribution in [-0.2, 0) is 0 Å². The Balaban J connectivity index is 2.16. The third kappa shape index (κ3) is 2.33. The molecule has 2 atom stereocenters. The Kier molecular flexibility index (Phi) is 3.74. The fraction of sp³-hybridized carbons (Fsp3) is 0.438. The average Bonchev–Trinajstić information content (AvgIpc) is 2.41. The number of fused-ring (bicyclic) bond motifs is 1. The van der Waals surface area contributed by atoms with Gasteiger partial charge in [-0.25, -0.2) is 0 Å². The maximum absolute atomic E-state index is 12.8. The lowest BCUT2D eigenvalue weighted by molar-refractivity contribution is 0.414. The van der Waals surface area contributed by atoms with E-state index >= 15 is 0 Å². The van der Waals surface area contributed by atoms with E-state index in [9.17, 15) is 4.79 Å². The van der Waals surface area contributed by atoms with Crippen LogP contribution in [0.1, 0.15) is 33.1 Å². The quantitative estimate of drug-likeness (QED) is 0.762. The van der Waals surface area contributed by atoms with Crippen LogP contribution in [0.4, 0.5) is 5.69 Å². The number of benzene rings is 1. The van der Waals surface area contributed by atoms with Crippen LogP contribution in [-0.4, -0.2) is 12.1 Å². The number of nitrogens with zero attached hydrogens (tertiary/aromatic N) is 1. The first-order valence-electron chi connectivity index (χ1n) is 7.07. The maximum Gasteiger partial charge on any atom is 0.211 e. The Labute approximate surface area is 128 Å². The monoisotopic (exact) mass is 307 g/mol. The molecule has 106 valence electrons. The van der Waals surface area contributed by atoms with Gasteiger partial charge < -0.3 is 4.90 Å². The van der Waals surface area contributed by atoms with Crippen LogP contribution >= 0.6 is 22.9 Å². The third-order valence-electron chi connectivity index (χ3n) is 4.19. The molecule has 0 bridgehead atoms. The normalized spacial score (nSPS) is 23.2. The van der Waals surface area contributed by atoms with Crippen molar-refractivity contribution in [3.8, 4) is 0 Å². The van der Waals surface area contributed by atoms with Crippen LogP contribution in [0, 0.1) is 0 Å². The maximum atomic E-state index is 12.8. The first-order valence-corrected chi connectivity index (χ1v) is 8.33. The summed E-state index contributed by atoms with van der Waals surface area (Å²) in [6.45, 7) is 4.42. The summed E-state index contributed by atoms with van der Waals surface area (Å²) in [5.41, 5.74) is 0.950. The van der Waals surface area contributed by atoms with Gasteiger partial charge in [-0.05, 0) is 51.3 Å². The molecule has 0 aliphatic carbocycles. The molecule has 0 spiro atoms. The molecule has 1 aliphatic rings. The third-order valence-corrected chi connectivity index (χ3v) is 5.37. The van der Waals surface area contributed by atoms with Crippen molar-refractivity contribution in [2.24, 2.45) is 0 Å². The van der Waals surface area contributed by atoms with Crippen LogP contribution < -0.4 is 10.3 Å². The highest BCUT2D eigenvalue weighted by Crippen LogP contribution is 2.30. The Morgan fingerprint density at radius 1 is 1.25 bits per heavy atom. The Morgan fingerprint density at radius 3 is 2.65 bits per heavy atom. The zero-order valence-electron chi connectivity index (χ0n) is 11.7. The highest BCUT2D eigenvalue weighted by molar-refractivity contribution is 7.16. The van der Waals surface area contributed by atoms with Gasteiger partial charge in [-0.2, -0.15) is 0 Å². The largest absolute Gasteiger partial charge is 0.362 e. The second kappa shape index (κ2) is 5.38. The predicted molar refractivity (Wildman–Crippen MR) is 88.4 cm³/mol. The fourth-order valence-electron chi connectivity index (χ4n) is 3.17. The molecule has 1 aromatic heterocycles. The van der Waals surface area contributed by atoms with E-state index in [1.54, 1.807) is 17.4 Å². The van der Waals surface area contributed by atoms with Crippen molar-refractivity contribution in [3.05, 3.63) is 38.8 Å². The summed E-state index contributed by atoms with van der Waals surface area (Å²) in [5, 5.41) is 3.38. The van der Waals surface area contributed by atoms with Gasteiger partial charge in [0.05, 0.1) is 5.69 Å². The van der Waals surface area contributed by atoms with Gasteiger partial charge in [0.25, 0.3) is 0 Å². The van der Waals surface area contributed by atoms with Gasteiger partial charge in [0.2, 0.25) is 5.43 Å². The van der Waals surface area contributed by atoms with Gasteiger partial charge in [0, 0.05) is 32.6 Å². The van der Waals surface area contributed by atoms with E-state index in [4.69, 9.17) is 11.6 Å².